The number of nitrogens with zero attached hydrogens (tertiary/aromatic N) is 2. The molecule has 0 amide bonds. The van der Waals surface area contributed by atoms with Gasteiger partial charge in [0.1, 0.15) is 0 Å². The highest BCUT2D eigenvalue weighted by molar-refractivity contribution is 9.10. The van der Waals surface area contributed by atoms with E-state index in [1.807, 2.05) is 34.2 Å². The van der Waals surface area contributed by atoms with Crippen LogP contribution in [-0.4, -0.2) is 15.2 Å². The van der Waals surface area contributed by atoms with Crippen LogP contribution < -0.4 is 0 Å². The molecule has 3 nitrogen and oxygen atoms in total. The molecule has 0 radical (unpaired) electrons. The maximum Gasteiger partial charge on any atom is 0.195 e. The Morgan fingerprint density at radius 1 is 1.40 bits per heavy atom. The molecule has 0 N–H and O–H groups in total. The molecule has 0 aliphatic heterocycles. The highest BCUT2D eigenvalue weighted by atomic mass is 79.9. The van der Waals surface area contributed by atoms with Crippen LogP contribution in [0.15, 0.2) is 46.4 Å². The maximum atomic E-state index is 12.2. The summed E-state index contributed by atoms with van der Waals surface area (Å²) in [6.45, 7) is 0. The Kier molecular flexibility index (Phi) is 3.74. The molecule has 2 aromatic heterocycles. The largest absolute Gasteiger partial charge is 0.289 e. The standard InChI is InChI=1S/C14H8BrClN2OS/c15-10-4-2-1-3-9(10)12(19)6-5-11-13(16)17-14-18(11)7-8-20-14/h1-8H/b6-5+. The summed E-state index contributed by atoms with van der Waals surface area (Å²) in [6.07, 6.45) is 5.07. The molecule has 0 fully saturated rings. The van der Waals surface area contributed by atoms with Gasteiger partial charge >= 0.3 is 0 Å². The van der Waals surface area contributed by atoms with E-state index in [1.165, 1.54) is 17.4 Å². The lowest BCUT2D eigenvalue weighted by Crippen LogP contribution is -1.95. The molecular weight excluding hydrogens is 360 g/mol. The molecule has 1 aromatic carbocycles. The van der Waals surface area contributed by atoms with E-state index in [9.17, 15) is 4.79 Å². The highest BCUT2D eigenvalue weighted by Crippen LogP contribution is 2.23. The average Bonchev–Trinajstić information content (AvgIpc) is 2.97. The Morgan fingerprint density at radius 3 is 3.00 bits per heavy atom. The Balaban J connectivity index is 1.94. The predicted octanol–water partition coefficient (Wildman–Crippen LogP) is 4.71. The lowest BCUT2D eigenvalue weighted by Gasteiger charge is -1.98. The van der Waals surface area contributed by atoms with E-state index in [2.05, 4.69) is 20.9 Å². The number of hydrogen-bond donors (Lipinski definition) is 0. The molecule has 20 heavy (non-hydrogen) atoms. The minimum Gasteiger partial charge on any atom is -0.289 e. The van der Waals surface area contributed by atoms with Crippen molar-refractivity contribution < 1.29 is 4.79 Å². The second-order valence-corrected chi connectivity index (χ2v) is 6.11. The van der Waals surface area contributed by atoms with Gasteiger partial charge in [0, 0.05) is 21.6 Å². The number of aromatic nitrogens is 2. The van der Waals surface area contributed by atoms with Gasteiger partial charge in [0.15, 0.2) is 15.9 Å². The van der Waals surface area contributed by atoms with E-state index < -0.39 is 0 Å². The SMILES string of the molecule is O=C(/C=C/c1c(Cl)nc2sccn12)c1ccccc1Br. The lowest BCUT2D eigenvalue weighted by molar-refractivity contribution is 0.104. The monoisotopic (exact) mass is 366 g/mol. The number of allylic oxidation sites excluding steroid dienone is 1. The van der Waals surface area contributed by atoms with E-state index in [4.69, 9.17) is 11.6 Å². The van der Waals surface area contributed by atoms with Gasteiger partial charge in [0.25, 0.3) is 0 Å². The molecule has 3 aromatic rings. The zero-order valence-corrected chi connectivity index (χ0v) is 13.2. The molecule has 0 bridgehead atoms. The number of carbonyl (C=O) groups excluding carboxylic acids is 1. The summed E-state index contributed by atoms with van der Waals surface area (Å²) in [4.78, 5) is 17.2. The molecule has 0 aliphatic rings. The van der Waals surface area contributed by atoms with Gasteiger partial charge < -0.3 is 0 Å². The van der Waals surface area contributed by atoms with Gasteiger partial charge in [-0.15, -0.1) is 11.3 Å². The zero-order valence-electron chi connectivity index (χ0n) is 10.1. The number of hydrogen-bond acceptors (Lipinski definition) is 3. The molecular formula is C14H8BrClN2OS. The second-order valence-electron chi connectivity index (χ2n) is 4.02. The number of imidazole rings is 1. The first kappa shape index (κ1) is 13.5. The molecule has 2 heterocycles. The molecule has 6 heteroatoms. The molecule has 100 valence electrons. The van der Waals surface area contributed by atoms with E-state index in [0.717, 1.165) is 9.43 Å². The Labute approximate surface area is 132 Å². The van der Waals surface area contributed by atoms with Gasteiger partial charge in [-0.25, -0.2) is 4.98 Å². The van der Waals surface area contributed by atoms with Crippen molar-refractivity contribution in [2.45, 2.75) is 0 Å². The molecule has 0 spiro atoms. The molecule has 0 unspecified atom stereocenters. The summed E-state index contributed by atoms with van der Waals surface area (Å²) in [5, 5.41) is 2.32. The number of halogens is 2. The Bertz CT molecular complexity index is 822. The zero-order chi connectivity index (χ0) is 14.1. The minimum atomic E-state index is -0.0845. The maximum absolute atomic E-state index is 12.2. The number of ketones is 1. The molecule has 0 aliphatic carbocycles. The quantitative estimate of drug-likeness (QED) is 0.496. The average molecular weight is 368 g/mol. The first-order valence-corrected chi connectivity index (χ1v) is 7.80. The van der Waals surface area contributed by atoms with E-state index in [0.29, 0.717) is 16.4 Å². The Morgan fingerprint density at radius 2 is 2.20 bits per heavy atom. The van der Waals surface area contributed by atoms with Crippen molar-refractivity contribution in [2.24, 2.45) is 0 Å². The van der Waals surface area contributed by atoms with Crippen LogP contribution in [0.25, 0.3) is 11.0 Å². The first-order valence-electron chi connectivity index (χ1n) is 5.75. The van der Waals surface area contributed by atoms with Crippen LogP contribution in [0, 0.1) is 0 Å². The van der Waals surface area contributed by atoms with Crippen LogP contribution in [0.1, 0.15) is 16.1 Å². The van der Waals surface area contributed by atoms with Crippen LogP contribution in [-0.2, 0) is 0 Å². The summed E-state index contributed by atoms with van der Waals surface area (Å²) in [5.74, 6) is -0.0845. The predicted molar refractivity (Wildman–Crippen MR) is 85.6 cm³/mol. The smallest absolute Gasteiger partial charge is 0.195 e. The Hall–Kier alpha value is -1.43. The van der Waals surface area contributed by atoms with Gasteiger partial charge in [-0.1, -0.05) is 39.7 Å². The molecule has 3 rings (SSSR count). The van der Waals surface area contributed by atoms with Crippen molar-refractivity contribution in [3.63, 3.8) is 0 Å². The third-order valence-electron chi connectivity index (χ3n) is 2.79. The number of rotatable bonds is 3. The molecule has 0 saturated carbocycles. The summed E-state index contributed by atoms with van der Waals surface area (Å²) in [6, 6.07) is 7.31. The third-order valence-corrected chi connectivity index (χ3v) is 4.51. The summed E-state index contributed by atoms with van der Waals surface area (Å²) >= 11 is 10.9. The van der Waals surface area contributed by atoms with E-state index in [1.54, 1.807) is 12.1 Å². The van der Waals surface area contributed by atoms with E-state index >= 15 is 0 Å². The van der Waals surface area contributed by atoms with Crippen LogP contribution in [0.2, 0.25) is 5.15 Å². The normalized spacial score (nSPS) is 11.5. The number of carbonyl (C=O) groups is 1. The van der Waals surface area contributed by atoms with Gasteiger partial charge in [0.2, 0.25) is 0 Å². The molecule has 0 saturated heterocycles. The van der Waals surface area contributed by atoms with E-state index in [-0.39, 0.29) is 5.78 Å². The van der Waals surface area contributed by atoms with Crippen LogP contribution >= 0.6 is 38.9 Å². The minimum absolute atomic E-state index is 0.0845. The van der Waals surface area contributed by atoms with Crippen molar-refractivity contribution in [2.75, 3.05) is 0 Å². The van der Waals surface area contributed by atoms with Crippen molar-refractivity contribution in [1.82, 2.24) is 9.38 Å². The summed E-state index contributed by atoms with van der Waals surface area (Å²) in [5.41, 5.74) is 1.33. The topological polar surface area (TPSA) is 34.4 Å². The van der Waals surface area contributed by atoms with Crippen LogP contribution in [0.5, 0.6) is 0 Å². The van der Waals surface area contributed by atoms with Crippen molar-refractivity contribution in [3.8, 4) is 0 Å². The number of thiazole rings is 1. The number of fused-ring (bicyclic) bond motifs is 1. The van der Waals surface area contributed by atoms with Gasteiger partial charge in [-0.05, 0) is 24.3 Å². The fourth-order valence-corrected chi connectivity index (χ4v) is 3.32. The molecule has 0 atom stereocenters. The first-order chi connectivity index (χ1) is 9.66. The fraction of sp³-hybridized carbons (Fsp3) is 0. The third kappa shape index (κ3) is 2.44. The van der Waals surface area contributed by atoms with Crippen molar-refractivity contribution in [1.29, 1.82) is 0 Å². The van der Waals surface area contributed by atoms with Crippen LogP contribution in [0.3, 0.4) is 0 Å². The van der Waals surface area contributed by atoms with Gasteiger partial charge in [-0.2, -0.15) is 0 Å². The lowest BCUT2D eigenvalue weighted by atomic mass is 10.1. The highest BCUT2D eigenvalue weighted by Gasteiger charge is 2.10. The number of benzene rings is 1. The van der Waals surface area contributed by atoms with Gasteiger partial charge in [-0.3, -0.25) is 9.20 Å². The fourth-order valence-electron chi connectivity index (χ4n) is 1.83. The van der Waals surface area contributed by atoms with Crippen LogP contribution in [0.4, 0.5) is 0 Å². The summed E-state index contributed by atoms with van der Waals surface area (Å²) in [7, 11) is 0. The second kappa shape index (κ2) is 5.52. The van der Waals surface area contributed by atoms with Crippen molar-refractivity contribution in [3.05, 3.63) is 62.8 Å². The summed E-state index contributed by atoms with van der Waals surface area (Å²) < 4.78 is 2.63. The van der Waals surface area contributed by atoms with Crippen molar-refractivity contribution >= 4 is 55.7 Å². The van der Waals surface area contributed by atoms with Gasteiger partial charge in [0.05, 0.1) is 5.69 Å².